The lowest BCUT2D eigenvalue weighted by atomic mass is 9.64. The predicted octanol–water partition coefficient (Wildman–Crippen LogP) is 8.52. The van der Waals surface area contributed by atoms with E-state index in [1.807, 2.05) is 0 Å². The second-order valence-corrected chi connectivity index (χ2v) is 22.4. The number of nitrogens with one attached hydrogen (secondary N) is 2. The number of alkyl halides is 1. The summed E-state index contributed by atoms with van der Waals surface area (Å²) in [5.74, 6) is 1.96. The zero-order valence-electron chi connectivity index (χ0n) is 36.3. The second kappa shape index (κ2) is 19.0. The zero-order chi connectivity index (χ0) is 41.5. The van der Waals surface area contributed by atoms with Crippen molar-refractivity contribution in [2.75, 3.05) is 0 Å². The van der Waals surface area contributed by atoms with Crippen molar-refractivity contribution in [3.63, 3.8) is 0 Å². The first-order valence-corrected chi connectivity index (χ1v) is 25.5. The smallest absolute Gasteiger partial charge is 0.226 e. The van der Waals surface area contributed by atoms with Crippen molar-refractivity contribution in [3.05, 3.63) is 0 Å². The standard InChI is InChI=1S/C48H75ClN6O5/c1-26-9-8-12-29(21-26)50-47(59)38-22-27-10-2-4-13-32(27)42(45(38)57)54-52-30-17-19-34-35-20-18-31(25-37(35)44(56)36(34)24-30)53-55-43-33-14-5-3-11-28(33)23-39(46(43)58)48(60)51-41-16-7-6-15-40(41)49/h26-43,45-46,57-58H,2-25H2,1H3,(H,50,59)(H,51,60). The van der Waals surface area contributed by atoms with Gasteiger partial charge in [-0.3, -0.25) is 14.4 Å². The van der Waals surface area contributed by atoms with E-state index in [0.717, 1.165) is 128 Å². The van der Waals surface area contributed by atoms with Crippen LogP contribution in [-0.4, -0.2) is 81.6 Å². The molecule has 20 atom stereocenters. The molecule has 9 saturated carbocycles. The van der Waals surface area contributed by atoms with Crippen LogP contribution in [0.5, 0.6) is 0 Å². The van der Waals surface area contributed by atoms with E-state index in [1.54, 1.807) is 0 Å². The molecule has 334 valence electrons. The summed E-state index contributed by atoms with van der Waals surface area (Å²) in [6, 6.07) is -0.667. The van der Waals surface area contributed by atoms with E-state index in [-0.39, 0.29) is 77.1 Å². The van der Waals surface area contributed by atoms with Gasteiger partial charge in [0.15, 0.2) is 0 Å². The number of fused-ring (bicyclic) bond motifs is 5. The van der Waals surface area contributed by atoms with Crippen LogP contribution in [0.2, 0.25) is 0 Å². The van der Waals surface area contributed by atoms with Crippen molar-refractivity contribution in [2.45, 2.75) is 215 Å². The number of hydrogen-bond acceptors (Lipinski definition) is 9. The topological polar surface area (TPSA) is 165 Å². The summed E-state index contributed by atoms with van der Waals surface area (Å²) >= 11 is 6.62. The van der Waals surface area contributed by atoms with Gasteiger partial charge in [-0.05, 0) is 131 Å². The summed E-state index contributed by atoms with van der Waals surface area (Å²) in [6.07, 6.45) is 22.1. The van der Waals surface area contributed by atoms with Crippen molar-refractivity contribution in [1.29, 1.82) is 0 Å². The lowest BCUT2D eigenvalue weighted by Gasteiger charge is -2.45. The highest BCUT2D eigenvalue weighted by Crippen LogP contribution is 2.54. The number of aliphatic hydroxyl groups excluding tert-OH is 2. The number of amides is 2. The Hall–Kier alpha value is -1.98. The van der Waals surface area contributed by atoms with Crippen LogP contribution in [0.1, 0.15) is 161 Å². The summed E-state index contributed by atoms with van der Waals surface area (Å²) < 4.78 is 0. The maximum Gasteiger partial charge on any atom is 0.226 e. The van der Waals surface area contributed by atoms with Crippen molar-refractivity contribution >= 4 is 29.2 Å². The average molecular weight is 852 g/mol. The number of ketones is 1. The van der Waals surface area contributed by atoms with E-state index in [4.69, 9.17) is 32.1 Å². The Balaban J connectivity index is 0.823. The van der Waals surface area contributed by atoms with Gasteiger partial charge in [0.2, 0.25) is 11.8 Å². The van der Waals surface area contributed by atoms with Crippen LogP contribution in [0.25, 0.3) is 0 Å². The van der Waals surface area contributed by atoms with Crippen molar-refractivity contribution in [3.8, 4) is 0 Å². The molecule has 9 fully saturated rings. The molecular weight excluding hydrogens is 776 g/mol. The number of nitrogens with zero attached hydrogens (tertiary/aromatic N) is 4. The van der Waals surface area contributed by atoms with Gasteiger partial charge in [-0.25, -0.2) is 0 Å². The molecule has 9 aliphatic carbocycles. The van der Waals surface area contributed by atoms with Gasteiger partial charge in [0.05, 0.1) is 41.5 Å². The lowest BCUT2D eigenvalue weighted by Crippen LogP contribution is -2.55. The molecule has 0 aliphatic heterocycles. The molecule has 60 heavy (non-hydrogen) atoms. The highest BCUT2D eigenvalue weighted by Gasteiger charge is 2.54. The first-order valence-electron chi connectivity index (χ1n) is 25.1. The van der Waals surface area contributed by atoms with Crippen LogP contribution in [0.15, 0.2) is 20.5 Å². The molecule has 9 aliphatic rings. The lowest BCUT2D eigenvalue weighted by molar-refractivity contribution is -0.136. The van der Waals surface area contributed by atoms with Crippen LogP contribution < -0.4 is 10.6 Å². The number of aliphatic hydroxyl groups is 2. The molecule has 4 N–H and O–H groups in total. The SMILES string of the molecule is CC1CCCC(NC(=O)C2CC3CCCCC3C(N=NC3CCC4C(C3)C(=O)C3CC(N=NC5C(O)C(C(=O)NC6CCCCC6Cl)CC6CCCCC65)CCC34)C2O)C1. The van der Waals surface area contributed by atoms with Gasteiger partial charge >= 0.3 is 0 Å². The Morgan fingerprint density at radius 1 is 0.550 bits per heavy atom. The molecule has 9 rings (SSSR count). The fourth-order valence-corrected chi connectivity index (χ4v) is 15.3. The molecule has 0 bridgehead atoms. The molecule has 0 aromatic rings. The second-order valence-electron chi connectivity index (χ2n) is 21.8. The van der Waals surface area contributed by atoms with Crippen LogP contribution in [0, 0.1) is 65.1 Å². The van der Waals surface area contributed by atoms with E-state index in [0.29, 0.717) is 48.2 Å². The molecule has 0 saturated heterocycles. The van der Waals surface area contributed by atoms with Crippen molar-refractivity contribution in [2.24, 2.45) is 85.6 Å². The van der Waals surface area contributed by atoms with E-state index in [2.05, 4.69) is 17.6 Å². The minimum Gasteiger partial charge on any atom is -0.390 e. The van der Waals surface area contributed by atoms with Crippen LogP contribution in [0.3, 0.4) is 0 Å². The first-order chi connectivity index (χ1) is 29.1. The number of halogens is 1. The number of rotatable bonds is 8. The summed E-state index contributed by atoms with van der Waals surface area (Å²) in [7, 11) is 0. The number of carbonyl (C=O) groups is 3. The van der Waals surface area contributed by atoms with Crippen molar-refractivity contribution < 1.29 is 24.6 Å². The number of azo groups is 2. The van der Waals surface area contributed by atoms with Gasteiger partial charge < -0.3 is 20.8 Å². The molecular formula is C48H75ClN6O5. The maximum atomic E-state index is 14.2. The molecule has 11 nitrogen and oxygen atoms in total. The number of Topliss-reactive ketones (excluding diaryl/α,β-unsaturated/α-hetero) is 1. The minimum atomic E-state index is -0.865. The highest BCUT2D eigenvalue weighted by molar-refractivity contribution is 6.21. The molecule has 0 radical (unpaired) electrons. The van der Waals surface area contributed by atoms with Gasteiger partial charge in [-0.1, -0.05) is 71.1 Å². The summed E-state index contributed by atoms with van der Waals surface area (Å²) in [5.41, 5.74) is 0. The van der Waals surface area contributed by atoms with Crippen LogP contribution in [0.4, 0.5) is 0 Å². The fourth-order valence-electron chi connectivity index (χ4n) is 15.0. The zero-order valence-corrected chi connectivity index (χ0v) is 37.1. The Labute approximate surface area is 363 Å². The fraction of sp³-hybridized carbons (Fsp3) is 0.938. The third kappa shape index (κ3) is 9.03. The molecule has 12 heteroatoms. The van der Waals surface area contributed by atoms with Crippen LogP contribution >= 0.6 is 11.6 Å². The molecule has 0 aromatic carbocycles. The quantitative estimate of drug-likeness (QED) is 0.142. The molecule has 0 spiro atoms. The highest BCUT2D eigenvalue weighted by atomic mass is 35.5. The summed E-state index contributed by atoms with van der Waals surface area (Å²) in [6.45, 7) is 2.27. The average Bonchev–Trinajstić information content (AvgIpc) is 3.53. The Bertz CT molecular complexity index is 1600. The predicted molar refractivity (Wildman–Crippen MR) is 230 cm³/mol. The van der Waals surface area contributed by atoms with Gasteiger partial charge in [0, 0.05) is 23.9 Å². The van der Waals surface area contributed by atoms with E-state index in [1.165, 1.54) is 12.8 Å². The van der Waals surface area contributed by atoms with Gasteiger partial charge in [0.1, 0.15) is 17.9 Å². The molecule has 0 aromatic heterocycles. The number of hydrogen-bond donors (Lipinski definition) is 4. The van der Waals surface area contributed by atoms with Crippen molar-refractivity contribution in [1.82, 2.24) is 10.6 Å². The molecule has 2 amide bonds. The van der Waals surface area contributed by atoms with Gasteiger partial charge in [-0.15, -0.1) is 11.6 Å². The van der Waals surface area contributed by atoms with E-state index >= 15 is 0 Å². The monoisotopic (exact) mass is 851 g/mol. The maximum absolute atomic E-state index is 14.2. The normalized spacial score (nSPS) is 48.4. The van der Waals surface area contributed by atoms with Gasteiger partial charge in [-0.2, -0.15) is 20.5 Å². The van der Waals surface area contributed by atoms with E-state index < -0.39 is 24.0 Å². The molecule has 20 unspecified atom stereocenters. The third-order valence-electron chi connectivity index (χ3n) is 18.2. The van der Waals surface area contributed by atoms with Crippen LogP contribution in [-0.2, 0) is 14.4 Å². The minimum absolute atomic E-state index is 0.00303. The largest absolute Gasteiger partial charge is 0.390 e. The van der Waals surface area contributed by atoms with Gasteiger partial charge in [0.25, 0.3) is 0 Å². The Kier molecular flexibility index (Phi) is 13.7. The van der Waals surface area contributed by atoms with E-state index in [9.17, 15) is 24.6 Å². The summed E-state index contributed by atoms with van der Waals surface area (Å²) in [5, 5.41) is 49.9. The Morgan fingerprint density at radius 2 is 1.07 bits per heavy atom. The third-order valence-corrected chi connectivity index (χ3v) is 18.7. The summed E-state index contributed by atoms with van der Waals surface area (Å²) in [4.78, 5) is 41.6. The number of carbonyl (C=O) groups excluding carboxylic acids is 3. The first kappa shape index (κ1) is 43.3. The molecule has 0 heterocycles. The Morgan fingerprint density at radius 3 is 1.62 bits per heavy atom.